The average molecular weight is 473 g/mol. The summed E-state index contributed by atoms with van der Waals surface area (Å²) in [5.74, 6) is -0.312. The number of aryl methyl sites for hydroxylation is 2. The van der Waals surface area contributed by atoms with Crippen LogP contribution < -0.4 is 0 Å². The number of nitro groups is 1. The highest BCUT2D eigenvalue weighted by molar-refractivity contribution is 14.1. The van der Waals surface area contributed by atoms with E-state index in [1.807, 2.05) is 0 Å². The van der Waals surface area contributed by atoms with Crippen molar-refractivity contribution < 1.29 is 19.6 Å². The maximum absolute atomic E-state index is 11.4. The molecule has 2 rings (SSSR count). The fourth-order valence-corrected chi connectivity index (χ4v) is 3.44. The number of aromatic nitrogens is 2. The van der Waals surface area contributed by atoms with Crippen molar-refractivity contribution in [1.82, 2.24) is 9.78 Å². The Balaban J connectivity index is 2.20. The number of hydrogen-bond donors (Lipinski definition) is 1. The fraction of sp³-hybridized carbons (Fsp3) is 0.412. The summed E-state index contributed by atoms with van der Waals surface area (Å²) in [6.07, 6.45) is 1.66. The van der Waals surface area contributed by atoms with Gasteiger partial charge in [-0.05, 0) is 47.9 Å². The molecule has 0 saturated carbocycles. The molecule has 1 atom stereocenters. The van der Waals surface area contributed by atoms with Gasteiger partial charge in [0.1, 0.15) is 6.10 Å². The first kappa shape index (κ1) is 20.3. The first-order valence-corrected chi connectivity index (χ1v) is 9.21. The van der Waals surface area contributed by atoms with Crippen LogP contribution in [-0.4, -0.2) is 32.4 Å². The lowest BCUT2D eigenvalue weighted by atomic mass is 10.00. The lowest BCUT2D eigenvalue weighted by molar-refractivity contribution is -0.385. The summed E-state index contributed by atoms with van der Waals surface area (Å²) in [7, 11) is 1.71. The van der Waals surface area contributed by atoms with E-state index in [4.69, 9.17) is 4.74 Å². The first-order valence-electron chi connectivity index (χ1n) is 8.13. The number of aliphatic hydroxyl groups excluding tert-OH is 1. The van der Waals surface area contributed by atoms with Gasteiger partial charge in [0.25, 0.3) is 5.69 Å². The number of carbonyl (C=O) groups is 1. The third-order valence-electron chi connectivity index (χ3n) is 3.95. The van der Waals surface area contributed by atoms with Crippen LogP contribution in [0.5, 0.6) is 0 Å². The minimum atomic E-state index is -1.01. The highest BCUT2D eigenvalue weighted by atomic mass is 127. The zero-order valence-corrected chi connectivity index (χ0v) is 16.7. The van der Waals surface area contributed by atoms with E-state index in [0.29, 0.717) is 36.3 Å². The lowest BCUT2D eigenvalue weighted by Gasteiger charge is -2.13. The molecule has 0 saturated heterocycles. The lowest BCUT2D eigenvalue weighted by Crippen LogP contribution is -2.09. The summed E-state index contributed by atoms with van der Waals surface area (Å²) in [4.78, 5) is 22.4. The molecule has 1 aromatic carbocycles. The van der Waals surface area contributed by atoms with Crippen molar-refractivity contribution in [3.8, 4) is 0 Å². The molecule has 2 aromatic rings. The molecule has 26 heavy (non-hydrogen) atoms. The Morgan fingerprint density at radius 2 is 2.23 bits per heavy atom. The van der Waals surface area contributed by atoms with E-state index in [0.717, 1.165) is 3.57 Å². The van der Waals surface area contributed by atoms with E-state index in [1.54, 1.807) is 37.0 Å². The van der Waals surface area contributed by atoms with Crippen molar-refractivity contribution in [3.05, 3.63) is 54.9 Å². The number of halogens is 1. The zero-order chi connectivity index (χ0) is 19.3. The number of ether oxygens (including phenoxy) is 1. The molecule has 0 amide bonds. The van der Waals surface area contributed by atoms with Gasteiger partial charge in [-0.3, -0.25) is 19.6 Å². The van der Waals surface area contributed by atoms with Gasteiger partial charge in [0, 0.05) is 25.1 Å². The molecule has 0 aliphatic carbocycles. The van der Waals surface area contributed by atoms with Crippen molar-refractivity contribution in [2.24, 2.45) is 7.05 Å². The number of nitrogens with zero attached hydrogens (tertiary/aromatic N) is 3. The van der Waals surface area contributed by atoms with Gasteiger partial charge in [-0.2, -0.15) is 5.10 Å². The van der Waals surface area contributed by atoms with Crippen molar-refractivity contribution >= 4 is 34.2 Å². The third kappa shape index (κ3) is 4.79. The first-order chi connectivity index (χ1) is 12.3. The Morgan fingerprint density at radius 1 is 1.50 bits per heavy atom. The maximum atomic E-state index is 11.4. The Labute approximate surface area is 164 Å². The second-order valence-corrected chi connectivity index (χ2v) is 6.87. The standard InChI is InChI=1S/C17H20IN3O5/c1-3-26-15(22)6-4-5-11-7-8-12(9-14(11)21(24)25)17(23)16-13(18)10-19-20(16)2/h7-10,17,23H,3-6H2,1-2H3. The highest BCUT2D eigenvalue weighted by Crippen LogP contribution is 2.30. The Kier molecular flexibility index (Phi) is 7.09. The monoisotopic (exact) mass is 473 g/mol. The minimum absolute atomic E-state index is 0.0671. The highest BCUT2D eigenvalue weighted by Gasteiger charge is 2.22. The summed E-state index contributed by atoms with van der Waals surface area (Å²) in [5.41, 5.74) is 1.46. The van der Waals surface area contributed by atoms with Crippen LogP contribution in [0.4, 0.5) is 5.69 Å². The van der Waals surface area contributed by atoms with Crippen LogP contribution in [0.1, 0.15) is 42.7 Å². The van der Waals surface area contributed by atoms with E-state index in [1.165, 1.54) is 6.07 Å². The molecule has 1 unspecified atom stereocenters. The van der Waals surface area contributed by atoms with E-state index < -0.39 is 11.0 Å². The maximum Gasteiger partial charge on any atom is 0.305 e. The van der Waals surface area contributed by atoms with Gasteiger partial charge in [-0.1, -0.05) is 12.1 Å². The molecule has 1 N–H and O–H groups in total. The number of rotatable bonds is 8. The molecule has 0 bridgehead atoms. The van der Waals surface area contributed by atoms with Crippen LogP contribution in [0, 0.1) is 13.7 Å². The van der Waals surface area contributed by atoms with Crippen LogP contribution in [0.3, 0.4) is 0 Å². The van der Waals surface area contributed by atoms with Crippen molar-refractivity contribution in [2.75, 3.05) is 6.61 Å². The van der Waals surface area contributed by atoms with Crippen LogP contribution in [0.25, 0.3) is 0 Å². The molecule has 0 radical (unpaired) electrons. The quantitative estimate of drug-likeness (QED) is 0.274. The van der Waals surface area contributed by atoms with Crippen LogP contribution in [0.15, 0.2) is 24.4 Å². The third-order valence-corrected chi connectivity index (χ3v) is 4.78. The molecule has 8 nitrogen and oxygen atoms in total. The zero-order valence-electron chi connectivity index (χ0n) is 14.5. The summed E-state index contributed by atoms with van der Waals surface area (Å²) in [6, 6.07) is 4.68. The smallest absolute Gasteiger partial charge is 0.305 e. The second kappa shape index (κ2) is 9.08. The van der Waals surface area contributed by atoms with Crippen molar-refractivity contribution in [2.45, 2.75) is 32.3 Å². The predicted molar refractivity (Wildman–Crippen MR) is 103 cm³/mol. The van der Waals surface area contributed by atoms with Gasteiger partial charge in [-0.15, -0.1) is 0 Å². The Morgan fingerprint density at radius 3 is 2.81 bits per heavy atom. The predicted octanol–water partition coefficient (Wildman–Crippen LogP) is 2.90. The van der Waals surface area contributed by atoms with Gasteiger partial charge in [0.2, 0.25) is 0 Å². The van der Waals surface area contributed by atoms with E-state index in [-0.39, 0.29) is 18.1 Å². The minimum Gasteiger partial charge on any atom is -0.466 e. The van der Waals surface area contributed by atoms with Crippen molar-refractivity contribution in [1.29, 1.82) is 0 Å². The van der Waals surface area contributed by atoms with Crippen LogP contribution in [0.2, 0.25) is 0 Å². The average Bonchev–Trinajstić information content (AvgIpc) is 2.93. The summed E-state index contributed by atoms with van der Waals surface area (Å²) >= 11 is 2.06. The molecule has 0 aliphatic heterocycles. The SMILES string of the molecule is CCOC(=O)CCCc1ccc(C(O)c2c(I)cnn2C)cc1[N+](=O)[O-]. The number of nitro benzene ring substituents is 1. The molecule has 1 aromatic heterocycles. The molecule has 0 fully saturated rings. The summed E-state index contributed by atoms with van der Waals surface area (Å²) in [5, 5.41) is 26.1. The van der Waals surface area contributed by atoms with Crippen LogP contribution >= 0.6 is 22.6 Å². The topological polar surface area (TPSA) is 107 Å². The van der Waals surface area contributed by atoms with E-state index in [2.05, 4.69) is 27.7 Å². The molecule has 140 valence electrons. The normalized spacial score (nSPS) is 12.0. The molecule has 1 heterocycles. The Bertz CT molecular complexity index is 786. The molecule has 9 heteroatoms. The fourth-order valence-electron chi connectivity index (χ4n) is 2.67. The summed E-state index contributed by atoms with van der Waals surface area (Å²) < 4.78 is 7.18. The van der Waals surface area contributed by atoms with Crippen LogP contribution in [-0.2, 0) is 23.0 Å². The second-order valence-electron chi connectivity index (χ2n) is 5.71. The van der Waals surface area contributed by atoms with Gasteiger partial charge < -0.3 is 9.84 Å². The molecular weight excluding hydrogens is 453 g/mol. The van der Waals surface area contributed by atoms with Crippen molar-refractivity contribution in [3.63, 3.8) is 0 Å². The number of aliphatic hydroxyl groups is 1. The van der Waals surface area contributed by atoms with E-state index in [9.17, 15) is 20.0 Å². The number of benzene rings is 1. The molecule has 0 spiro atoms. The molecular formula is C17H20IN3O5. The van der Waals surface area contributed by atoms with E-state index >= 15 is 0 Å². The largest absolute Gasteiger partial charge is 0.466 e. The summed E-state index contributed by atoms with van der Waals surface area (Å²) in [6.45, 7) is 2.05. The van der Waals surface area contributed by atoms with Gasteiger partial charge in [0.15, 0.2) is 0 Å². The molecule has 0 aliphatic rings. The van der Waals surface area contributed by atoms with Gasteiger partial charge >= 0.3 is 5.97 Å². The number of carbonyl (C=O) groups excluding carboxylic acids is 1. The Hall–Kier alpha value is -2.01. The van der Waals surface area contributed by atoms with Gasteiger partial charge in [-0.25, -0.2) is 0 Å². The number of esters is 1. The van der Waals surface area contributed by atoms with Gasteiger partial charge in [0.05, 0.1) is 27.0 Å². The number of hydrogen-bond acceptors (Lipinski definition) is 6.